The number of phenols is 1. The zero-order valence-corrected chi connectivity index (χ0v) is 26.2. The summed E-state index contributed by atoms with van der Waals surface area (Å²) >= 11 is 0. The molecule has 10 heteroatoms. The summed E-state index contributed by atoms with van der Waals surface area (Å²) < 4.78 is 5.03. The average Bonchev–Trinajstić information content (AvgIpc) is 3.05. The highest BCUT2D eigenvalue weighted by Gasteiger charge is 2.37. The number of hydrogen-bond acceptors (Lipinski definition) is 7. The summed E-state index contributed by atoms with van der Waals surface area (Å²) in [7, 11) is 7.00. The molecule has 1 aliphatic rings. The lowest BCUT2D eigenvalue weighted by Crippen LogP contribution is -2.63. The molecule has 1 fully saturated rings. The first-order chi connectivity index (χ1) is 21.7. The first-order valence-corrected chi connectivity index (χ1v) is 14.7. The van der Waals surface area contributed by atoms with E-state index in [1.165, 1.54) is 20.5 Å². The van der Waals surface area contributed by atoms with Crippen LogP contribution in [-0.2, 0) is 33.9 Å². The van der Waals surface area contributed by atoms with E-state index in [1.807, 2.05) is 61.6 Å². The highest BCUT2D eigenvalue weighted by Crippen LogP contribution is 2.22. The van der Waals surface area contributed by atoms with Crippen molar-refractivity contribution in [2.75, 3.05) is 41.5 Å². The van der Waals surface area contributed by atoms with E-state index in [4.69, 9.17) is 4.74 Å². The van der Waals surface area contributed by atoms with E-state index in [9.17, 15) is 19.5 Å². The Hall–Kier alpha value is -4.93. The van der Waals surface area contributed by atoms with E-state index in [-0.39, 0.29) is 37.2 Å². The van der Waals surface area contributed by atoms with Crippen LogP contribution in [0.5, 0.6) is 11.5 Å². The van der Waals surface area contributed by atoms with Crippen LogP contribution in [0.2, 0.25) is 0 Å². The first kappa shape index (κ1) is 33.0. The minimum absolute atomic E-state index is 0.00453. The number of carbonyl (C=O) groups is 3. The van der Waals surface area contributed by atoms with Crippen LogP contribution in [0, 0.1) is 0 Å². The second kappa shape index (κ2) is 15.7. The van der Waals surface area contributed by atoms with Crippen molar-refractivity contribution < 1.29 is 24.2 Å². The Labute approximate surface area is 264 Å². The standard InChI is InChI=1S/C26H28N4O4.C9H13NO/c1-27(15-21-8-5-7-20-6-3-4-9-23(20)21)26(34)24(14-19-10-12-22(32)13-11-19)30-17-29(18-31)28(2)16-25(30)33;1-10-7-8-3-5-9(11-2)6-4-8/h3-13,18,24,32H,14-17H2,1-2H3;3-6,10H,7H2,1-2H3. The number of likely N-dealkylation sites (N-methyl/N-ethyl adjacent to an activating group) is 2. The lowest BCUT2D eigenvalue weighted by Gasteiger charge is -2.43. The molecule has 10 nitrogen and oxygen atoms in total. The lowest BCUT2D eigenvalue weighted by atomic mass is 10.0. The summed E-state index contributed by atoms with van der Waals surface area (Å²) in [6.07, 6.45) is 0.919. The maximum absolute atomic E-state index is 13.7. The molecule has 45 heavy (non-hydrogen) atoms. The van der Waals surface area contributed by atoms with E-state index >= 15 is 0 Å². The van der Waals surface area contributed by atoms with Gasteiger partial charge >= 0.3 is 0 Å². The molecule has 236 valence electrons. The number of aromatic hydroxyl groups is 1. The van der Waals surface area contributed by atoms with Gasteiger partial charge in [-0.3, -0.25) is 19.4 Å². The van der Waals surface area contributed by atoms with Crippen LogP contribution >= 0.6 is 0 Å². The van der Waals surface area contributed by atoms with Crippen LogP contribution in [0.15, 0.2) is 91.0 Å². The maximum Gasteiger partial charge on any atom is 0.245 e. The molecule has 0 radical (unpaired) electrons. The molecule has 1 unspecified atom stereocenters. The minimum atomic E-state index is -0.798. The van der Waals surface area contributed by atoms with Gasteiger partial charge in [-0.15, -0.1) is 0 Å². The second-order valence-corrected chi connectivity index (χ2v) is 11.0. The Morgan fingerprint density at radius 3 is 2.33 bits per heavy atom. The number of nitrogens with zero attached hydrogens (tertiary/aromatic N) is 4. The van der Waals surface area contributed by atoms with Crippen LogP contribution in [0.3, 0.4) is 0 Å². The number of nitrogens with one attached hydrogen (secondary N) is 1. The molecule has 2 N–H and O–H groups in total. The molecule has 1 heterocycles. The van der Waals surface area contributed by atoms with Gasteiger partial charge in [0, 0.05) is 33.6 Å². The molecule has 5 rings (SSSR count). The van der Waals surface area contributed by atoms with Crippen LogP contribution in [0.4, 0.5) is 0 Å². The molecule has 3 amide bonds. The number of fused-ring (bicyclic) bond motifs is 1. The summed E-state index contributed by atoms with van der Waals surface area (Å²) in [4.78, 5) is 41.3. The molecular formula is C35H41N5O5. The largest absolute Gasteiger partial charge is 0.508 e. The molecule has 0 spiro atoms. The zero-order valence-electron chi connectivity index (χ0n) is 26.2. The van der Waals surface area contributed by atoms with Crippen molar-refractivity contribution in [3.8, 4) is 11.5 Å². The van der Waals surface area contributed by atoms with Gasteiger partial charge in [0.05, 0.1) is 13.7 Å². The van der Waals surface area contributed by atoms with E-state index in [1.54, 1.807) is 50.4 Å². The van der Waals surface area contributed by atoms with Crippen molar-refractivity contribution in [1.29, 1.82) is 0 Å². The van der Waals surface area contributed by atoms with Gasteiger partial charge in [0.15, 0.2) is 0 Å². The molecule has 1 saturated heterocycles. The number of hydrazine groups is 1. The van der Waals surface area contributed by atoms with Crippen molar-refractivity contribution >= 4 is 29.0 Å². The van der Waals surface area contributed by atoms with Crippen molar-refractivity contribution in [3.63, 3.8) is 0 Å². The van der Waals surface area contributed by atoms with Crippen LogP contribution in [0.25, 0.3) is 10.8 Å². The number of carbonyl (C=O) groups excluding carboxylic acids is 3. The van der Waals surface area contributed by atoms with Gasteiger partial charge in [-0.1, -0.05) is 66.7 Å². The van der Waals surface area contributed by atoms with Gasteiger partial charge < -0.3 is 25.0 Å². The topological polar surface area (TPSA) is 106 Å². The smallest absolute Gasteiger partial charge is 0.245 e. The van der Waals surface area contributed by atoms with Gasteiger partial charge in [0.2, 0.25) is 18.2 Å². The van der Waals surface area contributed by atoms with Gasteiger partial charge in [-0.2, -0.15) is 0 Å². The Bertz CT molecular complexity index is 1570. The molecule has 1 aliphatic heterocycles. The van der Waals surface area contributed by atoms with E-state index in [0.717, 1.165) is 34.2 Å². The van der Waals surface area contributed by atoms with Crippen molar-refractivity contribution in [3.05, 3.63) is 108 Å². The van der Waals surface area contributed by atoms with E-state index < -0.39 is 6.04 Å². The third-order valence-electron chi connectivity index (χ3n) is 7.77. The van der Waals surface area contributed by atoms with E-state index in [2.05, 4.69) is 17.4 Å². The van der Waals surface area contributed by atoms with Crippen molar-refractivity contribution in [1.82, 2.24) is 25.1 Å². The number of methoxy groups -OCH3 is 1. The molecule has 0 aliphatic carbocycles. The molecule has 0 saturated carbocycles. The summed E-state index contributed by atoms with van der Waals surface area (Å²) in [6.45, 7) is 1.29. The quantitative estimate of drug-likeness (QED) is 0.264. The van der Waals surface area contributed by atoms with Gasteiger partial charge in [0.25, 0.3) is 0 Å². The lowest BCUT2D eigenvalue weighted by molar-refractivity contribution is -0.170. The summed E-state index contributed by atoms with van der Waals surface area (Å²) in [5, 5.41) is 17.8. The highest BCUT2D eigenvalue weighted by atomic mass is 16.5. The number of hydrogen-bond donors (Lipinski definition) is 2. The van der Waals surface area contributed by atoms with Gasteiger partial charge in [-0.05, 0) is 58.8 Å². The number of rotatable bonds is 10. The number of amides is 3. The minimum Gasteiger partial charge on any atom is -0.508 e. The second-order valence-electron chi connectivity index (χ2n) is 11.0. The van der Waals surface area contributed by atoms with E-state index in [0.29, 0.717) is 13.0 Å². The van der Waals surface area contributed by atoms with Gasteiger partial charge in [0.1, 0.15) is 24.2 Å². The number of ether oxygens (including phenoxy) is 1. The van der Waals surface area contributed by atoms with Crippen LogP contribution in [0.1, 0.15) is 16.7 Å². The fourth-order valence-electron chi connectivity index (χ4n) is 5.26. The van der Waals surface area contributed by atoms with Crippen molar-refractivity contribution in [2.24, 2.45) is 0 Å². The fourth-order valence-corrected chi connectivity index (χ4v) is 5.26. The Balaban J connectivity index is 0.000000354. The Kier molecular flexibility index (Phi) is 11.5. The van der Waals surface area contributed by atoms with Gasteiger partial charge in [-0.25, -0.2) is 5.01 Å². The SMILES string of the molecule is CN(Cc1cccc2ccccc12)C(=O)C(Cc1ccc(O)cc1)N1CN(C=O)N(C)CC1=O.CNCc1ccc(OC)cc1. The summed E-state index contributed by atoms with van der Waals surface area (Å²) in [5.74, 6) is 0.591. The molecule has 0 aromatic heterocycles. The average molecular weight is 612 g/mol. The normalized spacial score (nSPS) is 14.0. The molecular weight excluding hydrogens is 570 g/mol. The number of phenolic OH excluding ortho intramolecular Hbond substituents is 1. The number of benzene rings is 4. The Morgan fingerprint density at radius 2 is 1.67 bits per heavy atom. The fraction of sp³-hybridized carbons (Fsp3) is 0.286. The third kappa shape index (κ3) is 8.59. The summed E-state index contributed by atoms with van der Waals surface area (Å²) in [5.41, 5.74) is 3.09. The molecule has 0 bridgehead atoms. The van der Waals surface area contributed by atoms with Crippen LogP contribution < -0.4 is 10.1 Å². The molecule has 1 atom stereocenters. The van der Waals surface area contributed by atoms with Crippen molar-refractivity contribution in [2.45, 2.75) is 25.6 Å². The monoisotopic (exact) mass is 611 g/mol. The first-order valence-electron chi connectivity index (χ1n) is 14.7. The third-order valence-corrected chi connectivity index (χ3v) is 7.77. The molecule has 4 aromatic rings. The highest BCUT2D eigenvalue weighted by molar-refractivity contribution is 5.90. The zero-order chi connectivity index (χ0) is 32.3. The Morgan fingerprint density at radius 1 is 1.00 bits per heavy atom. The maximum atomic E-state index is 13.7. The summed E-state index contributed by atoms with van der Waals surface area (Å²) in [6, 6.07) is 27.8. The van der Waals surface area contributed by atoms with Crippen LogP contribution in [-0.4, -0.2) is 90.7 Å². The predicted molar refractivity (Wildman–Crippen MR) is 174 cm³/mol. The molecule has 4 aromatic carbocycles. The predicted octanol–water partition coefficient (Wildman–Crippen LogP) is 3.63.